The zero-order chi connectivity index (χ0) is 7.65. The van der Waals surface area contributed by atoms with E-state index in [1.165, 1.54) is 13.8 Å². The van der Waals surface area contributed by atoms with Gasteiger partial charge in [0.05, 0.1) is 27.9 Å². The highest BCUT2D eigenvalue weighted by Gasteiger charge is 2.27. The average molecular weight is 130 g/mol. The van der Waals surface area contributed by atoms with Crippen LogP contribution in [0.25, 0.3) is 0 Å². The molecule has 0 rings (SSSR count). The van der Waals surface area contributed by atoms with E-state index in [9.17, 15) is 9.59 Å². The van der Waals surface area contributed by atoms with Gasteiger partial charge in [-0.1, -0.05) is 0 Å². The molecule has 0 fully saturated rings. The highest BCUT2D eigenvalue weighted by molar-refractivity contribution is 5.81. The lowest BCUT2D eigenvalue weighted by Crippen LogP contribution is -2.47. The molecule has 0 radical (unpaired) electrons. The van der Waals surface area contributed by atoms with E-state index in [1.807, 2.05) is 0 Å². The molecule has 0 aromatic carbocycles. The molecule has 0 saturated heterocycles. The third-order valence-corrected chi connectivity index (χ3v) is 1.57. The average Bonchev–Trinajstić information content (AvgIpc) is 1.65. The maximum absolute atomic E-state index is 10.7. The second kappa shape index (κ2) is 2.27. The number of hydrogen-bond donors (Lipinski definition) is 0. The molecule has 0 N–H and O–H groups in total. The number of carbonyl (C=O) groups is 2. The van der Waals surface area contributed by atoms with Gasteiger partial charge in [0.15, 0.2) is 0 Å². The summed E-state index contributed by atoms with van der Waals surface area (Å²) in [7, 11) is 3.15. The topological polar surface area (TPSA) is 34.1 Å². The zero-order valence-corrected chi connectivity index (χ0v) is 6.26. The maximum atomic E-state index is 10.7. The zero-order valence-electron chi connectivity index (χ0n) is 6.26. The predicted octanol–water partition coefficient (Wildman–Crippen LogP) is 0.156. The van der Waals surface area contributed by atoms with Crippen molar-refractivity contribution in [1.29, 1.82) is 0 Å². The molecule has 0 unspecified atom stereocenters. The van der Waals surface area contributed by atoms with Gasteiger partial charge in [0.2, 0.25) is 0 Å². The molecule has 2 amide bonds. The molecule has 0 spiro atoms. The van der Waals surface area contributed by atoms with E-state index in [2.05, 4.69) is 0 Å². The van der Waals surface area contributed by atoms with Crippen LogP contribution >= 0.6 is 0 Å². The van der Waals surface area contributed by atoms with Gasteiger partial charge in [-0.05, 0) is 0 Å². The van der Waals surface area contributed by atoms with Gasteiger partial charge in [0.25, 0.3) is 0 Å². The number of hydrogen-bond acceptors (Lipinski definition) is 2. The molecule has 0 heterocycles. The van der Waals surface area contributed by atoms with E-state index in [0.717, 1.165) is 0 Å². The molecule has 52 valence electrons. The van der Waals surface area contributed by atoms with Gasteiger partial charge in [0, 0.05) is 0 Å². The largest absolute Gasteiger partial charge is 0.317 e. The second-order valence-electron chi connectivity index (χ2n) is 2.49. The van der Waals surface area contributed by atoms with Crippen LogP contribution in [0.3, 0.4) is 0 Å². The van der Waals surface area contributed by atoms with Crippen molar-refractivity contribution in [2.75, 3.05) is 14.1 Å². The molecule has 0 saturated carbocycles. The highest BCUT2D eigenvalue weighted by Crippen LogP contribution is 1.97. The van der Waals surface area contributed by atoms with Crippen molar-refractivity contribution in [3.63, 3.8) is 0 Å². The summed E-state index contributed by atoms with van der Waals surface area (Å²) in [6, 6.07) is 0. The van der Waals surface area contributed by atoms with E-state index < -0.39 is 0 Å². The van der Waals surface area contributed by atoms with Gasteiger partial charge in [-0.3, -0.25) is 0 Å². The molecule has 3 heteroatoms. The van der Waals surface area contributed by atoms with Gasteiger partial charge in [-0.25, -0.2) is 14.1 Å². The Morgan fingerprint density at radius 1 is 1.00 bits per heavy atom. The Bertz CT molecular complexity index is 133. The van der Waals surface area contributed by atoms with Gasteiger partial charge >= 0.3 is 11.8 Å². The van der Waals surface area contributed by atoms with Crippen molar-refractivity contribution in [2.24, 2.45) is 0 Å². The fourth-order valence-corrected chi connectivity index (χ4v) is 0.222. The number of nitrogens with zero attached hydrogens (tertiary/aromatic N) is 1. The number of amides is 2. The molecular weight excluding hydrogens is 118 g/mol. The summed E-state index contributed by atoms with van der Waals surface area (Å²) in [4.78, 5) is 21.3. The van der Waals surface area contributed by atoms with Crippen molar-refractivity contribution in [1.82, 2.24) is 0 Å². The predicted molar refractivity (Wildman–Crippen MR) is 33.5 cm³/mol. The number of imide groups is 1. The Hall–Kier alpha value is -0.700. The number of carbonyl (C=O) groups excluding carboxylic acids is 2. The molecular formula is C6H12NO2+. The molecule has 0 atom stereocenters. The Morgan fingerprint density at radius 2 is 1.22 bits per heavy atom. The van der Waals surface area contributed by atoms with Crippen LogP contribution in [-0.4, -0.2) is 30.4 Å². The fraction of sp³-hybridized carbons (Fsp3) is 0.667. The Labute approximate surface area is 54.9 Å². The molecule has 0 aromatic rings. The molecule has 0 aromatic heterocycles. The summed E-state index contributed by atoms with van der Waals surface area (Å²) < 4.78 is -0.167. The monoisotopic (exact) mass is 130 g/mol. The molecule has 0 aliphatic carbocycles. The summed E-state index contributed by atoms with van der Waals surface area (Å²) in [5.41, 5.74) is 0. The van der Waals surface area contributed by atoms with E-state index in [0.29, 0.717) is 0 Å². The normalized spacial score (nSPS) is 11.1. The first-order valence-corrected chi connectivity index (χ1v) is 2.75. The van der Waals surface area contributed by atoms with Crippen LogP contribution in [0.1, 0.15) is 13.8 Å². The van der Waals surface area contributed by atoms with E-state index in [1.54, 1.807) is 14.1 Å². The van der Waals surface area contributed by atoms with Crippen LogP contribution in [0, 0.1) is 0 Å². The van der Waals surface area contributed by atoms with Crippen LogP contribution in [0.4, 0.5) is 0 Å². The first kappa shape index (κ1) is 8.30. The lowest BCUT2D eigenvalue weighted by atomic mass is 10.4. The van der Waals surface area contributed by atoms with Crippen molar-refractivity contribution >= 4 is 11.8 Å². The molecule has 0 aliphatic heterocycles. The first-order valence-electron chi connectivity index (χ1n) is 2.75. The Balaban J connectivity index is 4.38. The number of rotatable bonds is 0. The molecule has 3 nitrogen and oxygen atoms in total. The minimum Gasteiger partial charge on any atom is -0.231 e. The molecule has 0 aliphatic rings. The smallest absolute Gasteiger partial charge is 0.231 e. The van der Waals surface area contributed by atoms with Gasteiger partial charge in [-0.2, -0.15) is 0 Å². The van der Waals surface area contributed by atoms with Crippen molar-refractivity contribution < 1.29 is 14.1 Å². The Kier molecular flexibility index (Phi) is 2.09. The standard InChI is InChI=1S/C6H12NO2/c1-5(8)7(3,4)6(2)9/h1-4H3/q+1. The summed E-state index contributed by atoms with van der Waals surface area (Å²) in [5.74, 6) is -0.273. The third-order valence-electron chi connectivity index (χ3n) is 1.57. The number of quaternary nitrogens is 1. The van der Waals surface area contributed by atoms with Crippen molar-refractivity contribution in [3.05, 3.63) is 0 Å². The van der Waals surface area contributed by atoms with Crippen molar-refractivity contribution in [3.8, 4) is 0 Å². The van der Waals surface area contributed by atoms with Crippen LogP contribution in [0.5, 0.6) is 0 Å². The molecule has 9 heavy (non-hydrogen) atoms. The van der Waals surface area contributed by atoms with E-state index in [-0.39, 0.29) is 16.3 Å². The lowest BCUT2D eigenvalue weighted by molar-refractivity contribution is -0.733. The highest BCUT2D eigenvalue weighted by atomic mass is 16.2. The quantitative estimate of drug-likeness (QED) is 0.437. The van der Waals surface area contributed by atoms with Crippen molar-refractivity contribution in [2.45, 2.75) is 13.8 Å². The van der Waals surface area contributed by atoms with Crippen LogP contribution in [0.15, 0.2) is 0 Å². The Morgan fingerprint density at radius 3 is 1.22 bits per heavy atom. The summed E-state index contributed by atoms with van der Waals surface area (Å²) in [5, 5.41) is 0. The fourth-order valence-electron chi connectivity index (χ4n) is 0.222. The van der Waals surface area contributed by atoms with Gasteiger partial charge < -0.3 is 0 Å². The summed E-state index contributed by atoms with van der Waals surface area (Å²) in [6.07, 6.45) is 0. The minimum atomic E-state index is -0.167. The van der Waals surface area contributed by atoms with Gasteiger partial charge in [-0.15, -0.1) is 0 Å². The third kappa shape index (κ3) is 1.61. The summed E-state index contributed by atoms with van der Waals surface area (Å²) >= 11 is 0. The maximum Gasteiger partial charge on any atom is 0.317 e. The second-order valence-corrected chi connectivity index (χ2v) is 2.49. The first-order chi connectivity index (χ1) is 3.89. The lowest BCUT2D eigenvalue weighted by Gasteiger charge is -2.19. The molecule has 0 bridgehead atoms. The van der Waals surface area contributed by atoms with E-state index in [4.69, 9.17) is 0 Å². The van der Waals surface area contributed by atoms with E-state index >= 15 is 0 Å². The SMILES string of the molecule is CC(=O)[N+](C)(C)C(C)=O. The van der Waals surface area contributed by atoms with Crippen LogP contribution < -0.4 is 0 Å². The van der Waals surface area contributed by atoms with Gasteiger partial charge in [0.1, 0.15) is 0 Å². The minimum absolute atomic E-state index is 0.137. The van der Waals surface area contributed by atoms with Crippen LogP contribution in [-0.2, 0) is 9.59 Å². The summed E-state index contributed by atoms with van der Waals surface area (Å²) in [6.45, 7) is 2.81. The van der Waals surface area contributed by atoms with Crippen LogP contribution in [0.2, 0.25) is 0 Å².